The zero-order valence-corrected chi connectivity index (χ0v) is 27.0. The van der Waals surface area contributed by atoms with Gasteiger partial charge in [0.15, 0.2) is 11.5 Å². The zero-order chi connectivity index (χ0) is 32.0. The molecule has 0 saturated carbocycles. The predicted octanol–water partition coefficient (Wildman–Crippen LogP) is 6.52. The number of nitrogens with zero attached hydrogens (tertiary/aromatic N) is 3. The normalized spacial score (nSPS) is 15.9. The van der Waals surface area contributed by atoms with E-state index in [1.54, 1.807) is 23.1 Å². The molecule has 1 saturated heterocycles. The van der Waals surface area contributed by atoms with Crippen molar-refractivity contribution in [2.24, 2.45) is 0 Å². The number of amides is 2. The van der Waals surface area contributed by atoms with Crippen LogP contribution in [0, 0.1) is 20.8 Å². The smallest absolute Gasteiger partial charge is 0.294 e. The molecule has 6 rings (SSSR count). The molecule has 4 aromatic rings. The second kappa shape index (κ2) is 14.0. The highest BCUT2D eigenvalue weighted by Crippen LogP contribution is 2.36. The van der Waals surface area contributed by atoms with E-state index in [4.69, 9.17) is 4.74 Å². The topological polar surface area (TPSA) is 65.1 Å². The number of piperazine rings is 1. The van der Waals surface area contributed by atoms with Gasteiger partial charge in [-0.2, -0.15) is 0 Å². The Hall–Kier alpha value is -4.88. The van der Waals surface area contributed by atoms with Crippen LogP contribution in [-0.4, -0.2) is 56.0 Å². The summed E-state index contributed by atoms with van der Waals surface area (Å²) in [4.78, 5) is 33.2. The number of aryl methyl sites for hydroxylation is 3. The fraction of sp³-hybridized carbons (Fsp3) is 0.282. The minimum atomic E-state index is -0.200. The maximum atomic E-state index is 13.6. The quantitative estimate of drug-likeness (QED) is 0.172. The number of nitrogens with one attached hydrogen (secondary N) is 1. The predicted molar refractivity (Wildman–Crippen MR) is 185 cm³/mol. The van der Waals surface area contributed by atoms with Gasteiger partial charge in [-0.25, -0.2) is 0 Å². The number of carbonyl (C=O) groups is 2. The summed E-state index contributed by atoms with van der Waals surface area (Å²) in [5.74, 6) is 0.592. The fourth-order valence-corrected chi connectivity index (χ4v) is 6.17. The van der Waals surface area contributed by atoms with E-state index < -0.39 is 0 Å². The maximum absolute atomic E-state index is 13.6. The summed E-state index contributed by atoms with van der Waals surface area (Å²) in [6, 6.07) is 29.7. The van der Waals surface area contributed by atoms with Gasteiger partial charge in [0.2, 0.25) is 0 Å². The van der Waals surface area contributed by atoms with Gasteiger partial charge in [-0.05, 0) is 92.4 Å². The highest BCUT2D eigenvalue weighted by molar-refractivity contribution is 6.09. The van der Waals surface area contributed by atoms with E-state index in [1.165, 1.54) is 16.8 Å². The summed E-state index contributed by atoms with van der Waals surface area (Å²) in [5.41, 5.74) is 8.29. The number of rotatable bonds is 9. The van der Waals surface area contributed by atoms with Crippen molar-refractivity contribution in [2.75, 3.05) is 49.1 Å². The molecule has 0 bridgehead atoms. The number of fused-ring (bicyclic) bond motifs is 1. The third kappa shape index (κ3) is 7.32. The molecule has 2 aliphatic heterocycles. The lowest BCUT2D eigenvalue weighted by atomic mass is 10.1. The summed E-state index contributed by atoms with van der Waals surface area (Å²) in [6.45, 7) is 12.5. The van der Waals surface area contributed by atoms with Crippen molar-refractivity contribution in [2.45, 2.75) is 33.7 Å². The molecule has 7 heteroatoms. The molecule has 1 N–H and O–H groups in total. The van der Waals surface area contributed by atoms with Gasteiger partial charge in [-0.1, -0.05) is 66.2 Å². The fourth-order valence-electron chi connectivity index (χ4n) is 6.17. The first kappa shape index (κ1) is 31.1. The molecule has 46 heavy (non-hydrogen) atoms. The monoisotopic (exact) mass is 614 g/mol. The molecule has 4 aromatic carbocycles. The first-order chi connectivity index (χ1) is 22.3. The van der Waals surface area contributed by atoms with Crippen molar-refractivity contribution in [3.8, 4) is 5.75 Å². The number of ether oxygens (including phenoxy) is 1. The van der Waals surface area contributed by atoms with Crippen LogP contribution in [0.1, 0.15) is 44.6 Å². The third-order valence-corrected chi connectivity index (χ3v) is 8.74. The average Bonchev–Trinajstić information content (AvgIpc) is 3.07. The number of hydrogen-bond donors (Lipinski definition) is 1. The molecule has 2 amide bonds. The van der Waals surface area contributed by atoms with Crippen molar-refractivity contribution in [1.29, 1.82) is 0 Å². The first-order valence-electron chi connectivity index (χ1n) is 16.1. The first-order valence-corrected chi connectivity index (χ1v) is 16.1. The molecule has 1 fully saturated rings. The second-order valence-electron chi connectivity index (χ2n) is 12.3. The van der Waals surface area contributed by atoms with Crippen molar-refractivity contribution in [3.63, 3.8) is 0 Å². The van der Waals surface area contributed by atoms with E-state index in [9.17, 15) is 9.59 Å². The van der Waals surface area contributed by atoms with Gasteiger partial charge in [0.1, 0.15) is 0 Å². The van der Waals surface area contributed by atoms with E-state index in [0.717, 1.165) is 61.5 Å². The van der Waals surface area contributed by atoms with Crippen LogP contribution in [0.25, 0.3) is 6.08 Å². The molecule has 0 radical (unpaired) electrons. The lowest BCUT2D eigenvalue weighted by molar-refractivity contribution is -0.117. The molecule has 0 aliphatic carbocycles. The summed E-state index contributed by atoms with van der Waals surface area (Å²) in [7, 11) is 0. The van der Waals surface area contributed by atoms with Gasteiger partial charge < -0.3 is 15.0 Å². The van der Waals surface area contributed by atoms with E-state index in [0.29, 0.717) is 24.4 Å². The van der Waals surface area contributed by atoms with E-state index in [2.05, 4.69) is 53.2 Å². The molecule has 2 aliphatic rings. The molecular formula is C39H42N4O3. The summed E-state index contributed by atoms with van der Waals surface area (Å²) < 4.78 is 6.06. The van der Waals surface area contributed by atoms with E-state index >= 15 is 0 Å². The van der Waals surface area contributed by atoms with Gasteiger partial charge in [-0.15, -0.1) is 0 Å². The van der Waals surface area contributed by atoms with Crippen LogP contribution in [0.3, 0.4) is 0 Å². The Labute approximate surface area is 272 Å². The van der Waals surface area contributed by atoms with Crippen LogP contribution < -0.4 is 19.9 Å². The molecule has 236 valence electrons. The van der Waals surface area contributed by atoms with Gasteiger partial charge in [0.25, 0.3) is 11.8 Å². The van der Waals surface area contributed by atoms with Crippen LogP contribution in [0.15, 0.2) is 96.8 Å². The number of benzene rings is 4. The minimum Gasteiger partial charge on any atom is -0.449 e. The summed E-state index contributed by atoms with van der Waals surface area (Å²) in [6.07, 6.45) is 2.64. The molecule has 0 spiro atoms. The third-order valence-electron chi connectivity index (χ3n) is 8.74. The molecule has 0 atom stereocenters. The van der Waals surface area contributed by atoms with Crippen molar-refractivity contribution in [1.82, 2.24) is 10.2 Å². The number of para-hydroxylation sites is 2. The highest BCUT2D eigenvalue weighted by atomic mass is 16.5. The Morgan fingerprint density at radius 3 is 2.37 bits per heavy atom. The Kier molecular flexibility index (Phi) is 9.50. The number of carbonyl (C=O) groups excluding carboxylic acids is 2. The molecule has 7 nitrogen and oxygen atoms in total. The van der Waals surface area contributed by atoms with Crippen LogP contribution in [-0.2, 0) is 11.3 Å². The molecule has 0 unspecified atom stereocenters. The van der Waals surface area contributed by atoms with Crippen LogP contribution in [0.2, 0.25) is 0 Å². The summed E-state index contributed by atoms with van der Waals surface area (Å²) >= 11 is 0. The Bertz CT molecular complexity index is 1740. The van der Waals surface area contributed by atoms with Gasteiger partial charge >= 0.3 is 0 Å². The van der Waals surface area contributed by atoms with Crippen molar-refractivity contribution >= 4 is 29.3 Å². The van der Waals surface area contributed by atoms with E-state index in [-0.39, 0.29) is 17.6 Å². The standard InChI is InChI=1S/C39H42N4O3/c1-28-8-6-9-32(24-28)27-43-34-10-4-5-11-36(34)46-37(39(43)45)26-31-14-16-33(17-15-31)38(44)40-18-7-19-41-20-22-42(23-21-41)35-25-29(2)12-13-30(35)3/h4-6,8-17,24-26H,7,18-23,27H2,1-3H3,(H,40,44). The average molecular weight is 615 g/mol. The van der Waals surface area contributed by atoms with Crippen LogP contribution >= 0.6 is 0 Å². The van der Waals surface area contributed by atoms with Crippen LogP contribution in [0.4, 0.5) is 11.4 Å². The van der Waals surface area contributed by atoms with Gasteiger partial charge in [-0.3, -0.25) is 19.4 Å². The molecule has 0 aromatic heterocycles. The summed E-state index contributed by atoms with van der Waals surface area (Å²) in [5, 5.41) is 3.06. The Balaban J connectivity index is 1.01. The highest BCUT2D eigenvalue weighted by Gasteiger charge is 2.30. The lowest BCUT2D eigenvalue weighted by Gasteiger charge is -2.37. The maximum Gasteiger partial charge on any atom is 0.294 e. The second-order valence-corrected chi connectivity index (χ2v) is 12.3. The van der Waals surface area contributed by atoms with Crippen LogP contribution in [0.5, 0.6) is 5.75 Å². The largest absolute Gasteiger partial charge is 0.449 e. The van der Waals surface area contributed by atoms with Gasteiger partial charge in [0.05, 0.1) is 12.2 Å². The van der Waals surface area contributed by atoms with Crippen molar-refractivity contribution < 1.29 is 14.3 Å². The van der Waals surface area contributed by atoms with Crippen molar-refractivity contribution in [3.05, 3.63) is 130 Å². The SMILES string of the molecule is Cc1cccc(CN2C(=O)C(=Cc3ccc(C(=O)NCCCN4CCN(c5cc(C)ccc5C)CC4)cc3)Oc3ccccc32)c1. The number of hydrogen-bond acceptors (Lipinski definition) is 5. The minimum absolute atomic E-state index is 0.0952. The van der Waals surface area contributed by atoms with E-state index in [1.807, 2.05) is 61.5 Å². The van der Waals surface area contributed by atoms with Gasteiger partial charge in [0, 0.05) is 44.0 Å². The molecular weight excluding hydrogens is 572 g/mol. The zero-order valence-electron chi connectivity index (χ0n) is 27.0. The number of anilines is 2. The lowest BCUT2D eigenvalue weighted by Crippen LogP contribution is -2.47. The molecule has 2 heterocycles. The Morgan fingerprint density at radius 1 is 0.826 bits per heavy atom. The Morgan fingerprint density at radius 2 is 1.59 bits per heavy atom.